The topological polar surface area (TPSA) is 63.2 Å². The van der Waals surface area contributed by atoms with Crippen molar-refractivity contribution in [2.45, 2.75) is 38.1 Å². The highest BCUT2D eigenvalue weighted by Crippen LogP contribution is 2.18. The molecule has 0 spiro atoms. The van der Waals surface area contributed by atoms with E-state index in [9.17, 15) is 4.79 Å². The molecule has 0 atom stereocenters. The van der Waals surface area contributed by atoms with Crippen LogP contribution in [0.15, 0.2) is 42.6 Å². The van der Waals surface area contributed by atoms with Gasteiger partial charge >= 0.3 is 0 Å². The summed E-state index contributed by atoms with van der Waals surface area (Å²) in [5, 5.41) is 6.37. The predicted molar refractivity (Wildman–Crippen MR) is 99.1 cm³/mol. The van der Waals surface area contributed by atoms with Crippen LogP contribution in [0.4, 0.5) is 5.82 Å². The average Bonchev–Trinajstić information content (AvgIpc) is 3.16. The molecule has 0 unspecified atom stereocenters. The monoisotopic (exact) mass is 339 g/mol. The number of methoxy groups -OCH3 is 1. The van der Waals surface area contributed by atoms with Crippen molar-refractivity contribution in [1.29, 1.82) is 0 Å². The van der Waals surface area contributed by atoms with E-state index >= 15 is 0 Å². The summed E-state index contributed by atoms with van der Waals surface area (Å²) in [5.41, 5.74) is 1.86. The molecule has 1 aliphatic carbocycles. The van der Waals surface area contributed by atoms with Crippen LogP contribution >= 0.6 is 0 Å². The number of carbonyl (C=O) groups is 1. The highest BCUT2D eigenvalue weighted by Gasteiger charge is 2.17. The summed E-state index contributed by atoms with van der Waals surface area (Å²) in [7, 11) is 1.67. The van der Waals surface area contributed by atoms with E-state index in [1.165, 1.54) is 18.4 Å². The Bertz CT molecular complexity index is 677. The molecular weight excluding hydrogens is 314 g/mol. The standard InChI is InChI=1S/C20H25N3O2/c1-25-18-9-6-15(7-10-18)12-13-21-19-11-8-16(14-22-19)20(24)23-17-4-2-3-5-17/h6-11,14,17H,2-5,12-13H2,1H3,(H,21,22)(H,23,24). The molecule has 3 rings (SSSR count). The van der Waals surface area contributed by atoms with Crippen molar-refractivity contribution in [2.24, 2.45) is 0 Å². The molecule has 0 aliphatic heterocycles. The van der Waals surface area contributed by atoms with Gasteiger partial charge in [0.05, 0.1) is 12.7 Å². The van der Waals surface area contributed by atoms with E-state index in [0.717, 1.165) is 37.4 Å². The van der Waals surface area contributed by atoms with Gasteiger partial charge in [-0.1, -0.05) is 25.0 Å². The molecule has 0 bridgehead atoms. The number of nitrogens with one attached hydrogen (secondary N) is 2. The fraction of sp³-hybridized carbons (Fsp3) is 0.400. The van der Waals surface area contributed by atoms with Gasteiger partial charge in [-0.25, -0.2) is 4.98 Å². The first-order valence-corrected chi connectivity index (χ1v) is 8.88. The number of amides is 1. The minimum Gasteiger partial charge on any atom is -0.497 e. The Balaban J connectivity index is 1.45. The number of nitrogens with zero attached hydrogens (tertiary/aromatic N) is 1. The van der Waals surface area contributed by atoms with Gasteiger partial charge in [0.2, 0.25) is 0 Å². The van der Waals surface area contributed by atoms with E-state index in [4.69, 9.17) is 4.74 Å². The van der Waals surface area contributed by atoms with Crippen molar-refractivity contribution >= 4 is 11.7 Å². The van der Waals surface area contributed by atoms with Crippen molar-refractivity contribution in [3.63, 3.8) is 0 Å². The Morgan fingerprint density at radius 1 is 1.16 bits per heavy atom. The van der Waals surface area contributed by atoms with Crippen molar-refractivity contribution in [1.82, 2.24) is 10.3 Å². The van der Waals surface area contributed by atoms with Crippen LogP contribution in [0.5, 0.6) is 5.75 Å². The third kappa shape index (κ3) is 4.95. The molecule has 1 aromatic carbocycles. The number of rotatable bonds is 7. The third-order valence-electron chi connectivity index (χ3n) is 4.59. The van der Waals surface area contributed by atoms with Crippen LogP contribution in [0.1, 0.15) is 41.6 Å². The summed E-state index contributed by atoms with van der Waals surface area (Å²) < 4.78 is 5.16. The molecule has 25 heavy (non-hydrogen) atoms. The molecule has 132 valence electrons. The van der Waals surface area contributed by atoms with E-state index in [2.05, 4.69) is 27.8 Å². The Kier molecular flexibility index (Phi) is 5.88. The van der Waals surface area contributed by atoms with Crippen LogP contribution in [0, 0.1) is 0 Å². The van der Waals surface area contributed by atoms with Gasteiger partial charge in [0.15, 0.2) is 0 Å². The lowest BCUT2D eigenvalue weighted by molar-refractivity contribution is 0.0937. The van der Waals surface area contributed by atoms with Gasteiger partial charge in [0.1, 0.15) is 11.6 Å². The summed E-state index contributed by atoms with van der Waals surface area (Å²) in [4.78, 5) is 16.5. The van der Waals surface area contributed by atoms with Gasteiger partial charge in [0.25, 0.3) is 5.91 Å². The molecule has 5 nitrogen and oxygen atoms in total. The first-order chi connectivity index (χ1) is 12.2. The molecule has 1 saturated carbocycles. The fourth-order valence-corrected chi connectivity index (χ4v) is 3.10. The molecular formula is C20H25N3O2. The van der Waals surface area contributed by atoms with Crippen molar-refractivity contribution in [3.05, 3.63) is 53.7 Å². The zero-order valence-electron chi connectivity index (χ0n) is 14.6. The van der Waals surface area contributed by atoms with E-state index in [0.29, 0.717) is 11.6 Å². The molecule has 2 N–H and O–H groups in total. The van der Waals surface area contributed by atoms with Crippen molar-refractivity contribution < 1.29 is 9.53 Å². The maximum Gasteiger partial charge on any atom is 0.253 e. The summed E-state index contributed by atoms with van der Waals surface area (Å²) in [5.74, 6) is 1.62. The lowest BCUT2D eigenvalue weighted by Crippen LogP contribution is -2.32. The minimum absolute atomic E-state index is 0.0239. The second kappa shape index (κ2) is 8.51. The van der Waals surface area contributed by atoms with Crippen LogP contribution in [0.3, 0.4) is 0 Å². The quantitative estimate of drug-likeness (QED) is 0.811. The number of hydrogen-bond acceptors (Lipinski definition) is 4. The highest BCUT2D eigenvalue weighted by atomic mass is 16.5. The Morgan fingerprint density at radius 3 is 2.56 bits per heavy atom. The number of aromatic nitrogens is 1. The van der Waals surface area contributed by atoms with Gasteiger partial charge < -0.3 is 15.4 Å². The molecule has 5 heteroatoms. The normalized spacial score (nSPS) is 14.3. The molecule has 1 aromatic heterocycles. The van der Waals surface area contributed by atoms with Gasteiger partial charge in [-0.15, -0.1) is 0 Å². The largest absolute Gasteiger partial charge is 0.497 e. The number of ether oxygens (including phenoxy) is 1. The molecule has 1 fully saturated rings. The summed E-state index contributed by atoms with van der Waals surface area (Å²) in [6, 6.07) is 12.1. The summed E-state index contributed by atoms with van der Waals surface area (Å²) in [6.45, 7) is 0.785. The third-order valence-corrected chi connectivity index (χ3v) is 4.59. The zero-order chi connectivity index (χ0) is 17.5. The van der Waals surface area contributed by atoms with Crippen LogP contribution in [-0.2, 0) is 6.42 Å². The smallest absolute Gasteiger partial charge is 0.253 e. The maximum atomic E-state index is 12.2. The lowest BCUT2D eigenvalue weighted by atomic mass is 10.1. The van der Waals surface area contributed by atoms with E-state index in [-0.39, 0.29) is 5.91 Å². The molecule has 1 heterocycles. The van der Waals surface area contributed by atoms with Gasteiger partial charge in [-0.3, -0.25) is 4.79 Å². The Labute approximate surface area is 148 Å². The number of benzene rings is 1. The molecule has 2 aromatic rings. The molecule has 0 saturated heterocycles. The Morgan fingerprint density at radius 2 is 1.92 bits per heavy atom. The zero-order valence-corrected chi connectivity index (χ0v) is 14.6. The first-order valence-electron chi connectivity index (χ1n) is 8.88. The summed E-state index contributed by atoms with van der Waals surface area (Å²) in [6.07, 6.45) is 7.13. The fourth-order valence-electron chi connectivity index (χ4n) is 3.10. The van der Waals surface area contributed by atoms with E-state index < -0.39 is 0 Å². The Hall–Kier alpha value is -2.56. The number of hydrogen-bond donors (Lipinski definition) is 2. The van der Waals surface area contributed by atoms with Crippen LogP contribution in [0.2, 0.25) is 0 Å². The minimum atomic E-state index is -0.0239. The molecule has 1 aliphatic rings. The van der Waals surface area contributed by atoms with Gasteiger partial charge in [-0.05, 0) is 49.1 Å². The average molecular weight is 339 g/mol. The van der Waals surface area contributed by atoms with Crippen molar-refractivity contribution in [2.75, 3.05) is 19.0 Å². The van der Waals surface area contributed by atoms with Crippen LogP contribution in [0.25, 0.3) is 0 Å². The van der Waals surface area contributed by atoms with Gasteiger partial charge in [0, 0.05) is 18.8 Å². The predicted octanol–water partition coefficient (Wildman–Crippen LogP) is 3.42. The molecule has 0 radical (unpaired) electrons. The van der Waals surface area contributed by atoms with Crippen LogP contribution < -0.4 is 15.4 Å². The first kappa shape index (κ1) is 17.3. The van der Waals surface area contributed by atoms with Crippen molar-refractivity contribution in [3.8, 4) is 5.75 Å². The van der Waals surface area contributed by atoms with Gasteiger partial charge in [-0.2, -0.15) is 0 Å². The highest BCUT2D eigenvalue weighted by molar-refractivity contribution is 5.94. The summed E-state index contributed by atoms with van der Waals surface area (Å²) >= 11 is 0. The molecule has 1 amide bonds. The van der Waals surface area contributed by atoms with Crippen LogP contribution in [-0.4, -0.2) is 30.6 Å². The number of carbonyl (C=O) groups excluding carboxylic acids is 1. The van der Waals surface area contributed by atoms with E-state index in [1.807, 2.05) is 24.3 Å². The maximum absolute atomic E-state index is 12.2. The second-order valence-corrected chi connectivity index (χ2v) is 6.41. The second-order valence-electron chi connectivity index (χ2n) is 6.41. The van der Waals surface area contributed by atoms with E-state index in [1.54, 1.807) is 13.3 Å². The SMILES string of the molecule is COc1ccc(CCNc2ccc(C(=O)NC3CCCC3)cn2)cc1. The number of pyridine rings is 1. The number of anilines is 1. The lowest BCUT2D eigenvalue weighted by Gasteiger charge is -2.12.